The normalized spacial score (nSPS) is 14.1. The Morgan fingerprint density at radius 2 is 1.65 bits per heavy atom. The number of hydrogen-bond donors (Lipinski definition) is 2. The summed E-state index contributed by atoms with van der Waals surface area (Å²) in [6, 6.07) is 29.1. The molecule has 2 N–H and O–H groups in total. The number of imidazole rings is 1. The molecule has 0 aliphatic carbocycles. The summed E-state index contributed by atoms with van der Waals surface area (Å²) in [4.78, 5) is 32.1. The molecular formula is C39H40N4O5. The first-order chi connectivity index (χ1) is 23.5. The van der Waals surface area contributed by atoms with Crippen molar-refractivity contribution in [1.82, 2.24) is 19.8 Å². The van der Waals surface area contributed by atoms with Gasteiger partial charge in [0.15, 0.2) is 5.78 Å². The van der Waals surface area contributed by atoms with Crippen LogP contribution in [0.2, 0.25) is 0 Å². The Kier molecular flexibility index (Phi) is 10.9. The summed E-state index contributed by atoms with van der Waals surface area (Å²) in [6.45, 7) is 4.00. The fraction of sp³-hybridized carbons (Fsp3) is 0.256. The lowest BCUT2D eigenvalue weighted by molar-refractivity contribution is -0.116. The monoisotopic (exact) mass is 644 g/mol. The van der Waals surface area contributed by atoms with Gasteiger partial charge in [-0.2, -0.15) is 0 Å². The lowest BCUT2D eigenvalue weighted by atomic mass is 10.00. The molecule has 1 saturated heterocycles. The van der Waals surface area contributed by atoms with Gasteiger partial charge in [-0.3, -0.25) is 9.59 Å². The van der Waals surface area contributed by atoms with E-state index in [9.17, 15) is 14.7 Å². The van der Waals surface area contributed by atoms with Gasteiger partial charge in [0.05, 0.1) is 19.0 Å². The predicted octanol–water partition coefficient (Wildman–Crippen LogP) is 5.95. The molecule has 1 amide bonds. The smallest absolute Gasteiger partial charge is 0.244 e. The zero-order valence-electron chi connectivity index (χ0n) is 26.8. The van der Waals surface area contributed by atoms with Gasteiger partial charge in [-0.1, -0.05) is 66.7 Å². The molecule has 1 aliphatic rings. The number of phenolic OH excluding ortho intramolecular Hbond substituents is 1. The van der Waals surface area contributed by atoms with Crippen molar-refractivity contribution >= 4 is 22.5 Å². The number of nitrogens with one attached hydrogen (secondary N) is 1. The minimum atomic E-state index is -0.381. The number of fused-ring (bicyclic) bond motifs is 1. The van der Waals surface area contributed by atoms with Crippen molar-refractivity contribution in [2.75, 3.05) is 32.8 Å². The van der Waals surface area contributed by atoms with Crippen LogP contribution < -0.4 is 10.1 Å². The Hall–Kier alpha value is -5.25. The topological polar surface area (TPSA) is 106 Å². The van der Waals surface area contributed by atoms with Gasteiger partial charge in [-0.15, -0.1) is 0 Å². The fourth-order valence-electron chi connectivity index (χ4n) is 6.01. The number of hydrogen-bond acceptors (Lipinski definition) is 7. The molecule has 0 atom stereocenters. The fourth-order valence-corrected chi connectivity index (χ4v) is 6.01. The van der Waals surface area contributed by atoms with Gasteiger partial charge < -0.3 is 29.4 Å². The van der Waals surface area contributed by atoms with Crippen LogP contribution in [0.5, 0.6) is 11.5 Å². The van der Waals surface area contributed by atoms with Crippen LogP contribution in [-0.4, -0.2) is 70.1 Å². The van der Waals surface area contributed by atoms with Gasteiger partial charge in [-0.25, -0.2) is 4.98 Å². The van der Waals surface area contributed by atoms with Crippen LogP contribution in [0.3, 0.4) is 0 Å². The number of allylic oxidation sites excluding steroid dienone is 1. The van der Waals surface area contributed by atoms with Crippen molar-refractivity contribution in [3.05, 3.63) is 139 Å². The number of benzene rings is 4. The molecule has 9 nitrogen and oxygen atoms in total. The number of ketones is 1. The van der Waals surface area contributed by atoms with E-state index in [0.29, 0.717) is 48.3 Å². The Morgan fingerprint density at radius 3 is 2.33 bits per heavy atom. The quantitative estimate of drug-likeness (QED) is 0.114. The van der Waals surface area contributed by atoms with Crippen LogP contribution in [0.25, 0.3) is 10.8 Å². The lowest BCUT2D eigenvalue weighted by Crippen LogP contribution is -2.41. The first kappa shape index (κ1) is 32.7. The molecular weight excluding hydrogens is 604 g/mol. The van der Waals surface area contributed by atoms with E-state index >= 15 is 0 Å². The highest BCUT2D eigenvalue weighted by Crippen LogP contribution is 2.31. The van der Waals surface area contributed by atoms with Gasteiger partial charge >= 0.3 is 0 Å². The number of rotatable bonds is 14. The third-order valence-electron chi connectivity index (χ3n) is 8.53. The van der Waals surface area contributed by atoms with Crippen molar-refractivity contribution in [2.45, 2.75) is 31.6 Å². The maximum atomic E-state index is 13.2. The van der Waals surface area contributed by atoms with E-state index in [2.05, 4.69) is 39.5 Å². The first-order valence-corrected chi connectivity index (χ1v) is 16.3. The van der Waals surface area contributed by atoms with E-state index in [-0.39, 0.29) is 29.6 Å². The Morgan fingerprint density at radius 1 is 0.917 bits per heavy atom. The summed E-state index contributed by atoms with van der Waals surface area (Å²) in [6.07, 6.45) is 9.65. The average molecular weight is 645 g/mol. The van der Waals surface area contributed by atoms with E-state index in [1.54, 1.807) is 36.8 Å². The molecule has 0 saturated carbocycles. The SMILES string of the molecule is O=C(C=CC(=O)c1cc(O)cc2ccc(OCCn3ccnc3)cc12)NCCN1CCC(OC(c2ccccc2)c2ccccc2)CC1. The molecule has 4 aromatic carbocycles. The Balaban J connectivity index is 0.971. The summed E-state index contributed by atoms with van der Waals surface area (Å²) < 4.78 is 14.5. The number of amides is 1. The van der Waals surface area contributed by atoms with E-state index in [1.807, 2.05) is 47.2 Å². The molecule has 1 aromatic heterocycles. The van der Waals surface area contributed by atoms with E-state index in [1.165, 1.54) is 18.2 Å². The molecule has 0 unspecified atom stereocenters. The number of carbonyl (C=O) groups is 2. The third kappa shape index (κ3) is 8.76. The highest BCUT2D eigenvalue weighted by molar-refractivity contribution is 6.15. The molecule has 0 radical (unpaired) electrons. The molecule has 0 spiro atoms. The number of carbonyl (C=O) groups excluding carboxylic acids is 2. The minimum absolute atomic E-state index is 0.0256. The average Bonchev–Trinajstić information content (AvgIpc) is 3.64. The molecule has 9 heteroatoms. The van der Waals surface area contributed by atoms with Crippen LogP contribution in [0.4, 0.5) is 0 Å². The van der Waals surface area contributed by atoms with E-state index < -0.39 is 0 Å². The van der Waals surface area contributed by atoms with Crippen LogP contribution in [0.1, 0.15) is 40.4 Å². The molecule has 0 bridgehead atoms. The van der Waals surface area contributed by atoms with Gasteiger partial charge in [0.1, 0.15) is 24.2 Å². The van der Waals surface area contributed by atoms with Gasteiger partial charge in [-0.05, 0) is 65.1 Å². The number of piperidine rings is 1. The van der Waals surface area contributed by atoms with Gasteiger partial charge in [0.25, 0.3) is 0 Å². The van der Waals surface area contributed by atoms with Crippen LogP contribution in [0, 0.1) is 0 Å². The standard InChI is InChI=1S/C39H40N4O5/c44-32-25-31-11-12-34(47-24-23-43-21-17-40-28-43)27-35(31)36(26-32)37(45)13-14-38(46)41-18-22-42-19-15-33(16-20-42)48-39(29-7-3-1-4-8-29)30-9-5-2-6-10-30/h1-14,17,21,25-28,33,39,44H,15-16,18-20,22-24H2,(H,41,46). The molecule has 246 valence electrons. The largest absolute Gasteiger partial charge is 0.508 e. The maximum Gasteiger partial charge on any atom is 0.244 e. The number of likely N-dealkylation sites (tertiary alicyclic amines) is 1. The highest BCUT2D eigenvalue weighted by Gasteiger charge is 2.24. The van der Waals surface area contributed by atoms with Crippen LogP contribution in [-0.2, 0) is 16.1 Å². The summed E-state index contributed by atoms with van der Waals surface area (Å²) in [5, 5.41) is 14.5. The zero-order chi connectivity index (χ0) is 33.1. The number of aromatic nitrogens is 2. The van der Waals surface area contributed by atoms with Gasteiger partial charge in [0, 0.05) is 50.2 Å². The number of ether oxygens (including phenoxy) is 2. The van der Waals surface area contributed by atoms with Crippen LogP contribution in [0.15, 0.2) is 122 Å². The van der Waals surface area contributed by atoms with Gasteiger partial charge in [0.2, 0.25) is 5.91 Å². The molecule has 48 heavy (non-hydrogen) atoms. The van der Waals surface area contributed by atoms with Crippen molar-refractivity contribution in [3.63, 3.8) is 0 Å². The van der Waals surface area contributed by atoms with Crippen LogP contribution >= 0.6 is 0 Å². The second-order valence-electron chi connectivity index (χ2n) is 11.9. The highest BCUT2D eigenvalue weighted by atomic mass is 16.5. The number of nitrogens with zero attached hydrogens (tertiary/aromatic N) is 3. The molecule has 5 aromatic rings. The minimum Gasteiger partial charge on any atom is -0.508 e. The van der Waals surface area contributed by atoms with E-state index in [4.69, 9.17) is 9.47 Å². The number of phenols is 1. The van der Waals surface area contributed by atoms with Crippen molar-refractivity contribution < 1.29 is 24.2 Å². The summed E-state index contributed by atoms with van der Waals surface area (Å²) >= 11 is 0. The molecule has 6 rings (SSSR count). The van der Waals surface area contributed by atoms with Crippen molar-refractivity contribution in [3.8, 4) is 11.5 Å². The predicted molar refractivity (Wildman–Crippen MR) is 185 cm³/mol. The van der Waals surface area contributed by atoms with Crippen molar-refractivity contribution in [1.29, 1.82) is 0 Å². The molecule has 1 aliphatic heterocycles. The maximum absolute atomic E-state index is 13.2. The Bertz CT molecular complexity index is 1780. The lowest BCUT2D eigenvalue weighted by Gasteiger charge is -2.34. The summed E-state index contributed by atoms with van der Waals surface area (Å²) in [5.41, 5.74) is 2.59. The second-order valence-corrected chi connectivity index (χ2v) is 11.9. The molecule has 1 fully saturated rings. The summed E-state index contributed by atoms with van der Waals surface area (Å²) in [7, 11) is 0. The number of aromatic hydroxyl groups is 1. The third-order valence-corrected chi connectivity index (χ3v) is 8.53. The Labute approximate surface area is 280 Å². The van der Waals surface area contributed by atoms with Crippen molar-refractivity contribution in [2.24, 2.45) is 0 Å². The zero-order valence-corrected chi connectivity index (χ0v) is 26.8. The second kappa shape index (κ2) is 16.0. The first-order valence-electron chi connectivity index (χ1n) is 16.3. The summed E-state index contributed by atoms with van der Waals surface area (Å²) in [5.74, 6) is -0.148. The van der Waals surface area contributed by atoms with E-state index in [0.717, 1.165) is 37.1 Å². The molecule has 2 heterocycles.